The second-order valence-corrected chi connectivity index (χ2v) is 10.1. The van der Waals surface area contributed by atoms with Crippen LogP contribution < -0.4 is 0 Å². The van der Waals surface area contributed by atoms with E-state index in [0.29, 0.717) is 13.2 Å². The van der Waals surface area contributed by atoms with Crippen molar-refractivity contribution in [1.29, 1.82) is 0 Å². The number of unbranched alkanes of at least 4 members (excludes halogenated alkanes) is 16. The smallest absolute Gasteiger partial charge is 0.310 e. The summed E-state index contributed by atoms with van der Waals surface area (Å²) in [6.07, 6.45) is 21.4. The lowest BCUT2D eigenvalue weighted by Gasteiger charge is -2.14. The Bertz CT molecular complexity index is 476. The van der Waals surface area contributed by atoms with Crippen LogP contribution in [0.4, 0.5) is 0 Å². The number of carbonyl (C=O) groups is 2. The van der Waals surface area contributed by atoms with Gasteiger partial charge in [0.1, 0.15) is 0 Å². The van der Waals surface area contributed by atoms with Crippen molar-refractivity contribution < 1.29 is 33.7 Å². The Balaban J connectivity index is 3.94. The summed E-state index contributed by atoms with van der Waals surface area (Å²) < 4.78 is 15.1. The first-order chi connectivity index (χ1) is 17.2. The summed E-state index contributed by atoms with van der Waals surface area (Å²) in [7, 11) is 0. The topological polar surface area (TPSA) is 91.3 Å². The Morgan fingerprint density at radius 1 is 0.657 bits per heavy atom. The van der Waals surface area contributed by atoms with Gasteiger partial charge in [0.05, 0.1) is 25.6 Å². The molecule has 208 valence electrons. The van der Waals surface area contributed by atoms with Gasteiger partial charge >= 0.3 is 11.9 Å². The number of esters is 2. The molecule has 0 aromatic heterocycles. The van der Waals surface area contributed by atoms with Crippen LogP contribution in [0.25, 0.3) is 0 Å². The van der Waals surface area contributed by atoms with Gasteiger partial charge in [-0.1, -0.05) is 122 Å². The molecule has 0 radical (unpaired) electrons. The van der Waals surface area contributed by atoms with Crippen LogP contribution in [-0.2, 0) is 28.4 Å². The standard InChI is InChI=1S/C27H52O7S/c1-3-5-7-9-11-13-14-16-17-19-21-31-26(28)23-25(24-35-34-33-30)27(29)32-22-20-18-15-12-10-8-6-4-2/h25,30H,3-24H2,1-2H3. The summed E-state index contributed by atoms with van der Waals surface area (Å²) in [5, 5.41) is 11.9. The third kappa shape index (κ3) is 24.6. The van der Waals surface area contributed by atoms with E-state index in [0.717, 1.165) is 50.6 Å². The van der Waals surface area contributed by atoms with Gasteiger partial charge in [-0.3, -0.25) is 9.59 Å². The van der Waals surface area contributed by atoms with Gasteiger partial charge in [0.15, 0.2) is 0 Å². The Hall–Kier alpha value is -0.830. The second kappa shape index (κ2) is 27.8. The molecule has 8 heteroatoms. The van der Waals surface area contributed by atoms with Crippen molar-refractivity contribution in [3.05, 3.63) is 0 Å². The number of ether oxygens (including phenoxy) is 2. The molecule has 1 atom stereocenters. The van der Waals surface area contributed by atoms with Crippen LogP contribution in [0, 0.1) is 5.92 Å². The Morgan fingerprint density at radius 2 is 1.09 bits per heavy atom. The van der Waals surface area contributed by atoms with Crippen LogP contribution >= 0.6 is 12.0 Å². The summed E-state index contributed by atoms with van der Waals surface area (Å²) in [5.74, 6) is -1.44. The maximum Gasteiger partial charge on any atom is 0.310 e. The SMILES string of the molecule is CCCCCCCCCCCCOC(=O)CC(CSOOO)C(=O)OCCCCCCCCCC. The van der Waals surface area contributed by atoms with E-state index in [9.17, 15) is 9.59 Å². The molecule has 0 rings (SSSR count). The monoisotopic (exact) mass is 520 g/mol. The maximum absolute atomic E-state index is 12.4. The molecule has 0 saturated heterocycles. The molecule has 35 heavy (non-hydrogen) atoms. The fraction of sp³-hybridized carbons (Fsp3) is 0.926. The summed E-state index contributed by atoms with van der Waals surface area (Å²) in [4.78, 5) is 24.7. The van der Waals surface area contributed by atoms with E-state index in [1.165, 1.54) is 77.0 Å². The molecule has 0 spiro atoms. The third-order valence-corrected chi connectivity index (χ3v) is 6.79. The fourth-order valence-corrected chi connectivity index (χ4v) is 4.42. The Labute approximate surface area is 218 Å². The van der Waals surface area contributed by atoms with E-state index in [2.05, 4.69) is 23.2 Å². The molecule has 0 bridgehead atoms. The van der Waals surface area contributed by atoms with Crippen molar-refractivity contribution in [2.75, 3.05) is 19.0 Å². The molecule has 0 aliphatic rings. The van der Waals surface area contributed by atoms with Crippen molar-refractivity contribution >= 4 is 24.0 Å². The van der Waals surface area contributed by atoms with Crippen LogP contribution in [0.5, 0.6) is 0 Å². The predicted octanol–water partition coefficient (Wildman–Crippen LogP) is 8.21. The third-order valence-electron chi connectivity index (χ3n) is 6.10. The average molecular weight is 521 g/mol. The van der Waals surface area contributed by atoms with Gasteiger partial charge in [0.25, 0.3) is 0 Å². The van der Waals surface area contributed by atoms with Crippen molar-refractivity contribution in [3.63, 3.8) is 0 Å². The Kier molecular flexibility index (Phi) is 27.1. The molecule has 0 amide bonds. The zero-order valence-corrected chi connectivity index (χ0v) is 23.3. The molecular weight excluding hydrogens is 468 g/mol. The first kappa shape index (κ1) is 34.2. The van der Waals surface area contributed by atoms with Crippen LogP contribution in [0.15, 0.2) is 0 Å². The van der Waals surface area contributed by atoms with E-state index in [1.807, 2.05) is 0 Å². The summed E-state index contributed by atoms with van der Waals surface area (Å²) in [6.45, 7) is 5.16. The Morgan fingerprint density at radius 3 is 1.54 bits per heavy atom. The largest absolute Gasteiger partial charge is 0.466 e. The van der Waals surface area contributed by atoms with Gasteiger partial charge in [0, 0.05) is 17.8 Å². The normalized spacial score (nSPS) is 12.0. The van der Waals surface area contributed by atoms with E-state index < -0.39 is 17.9 Å². The first-order valence-corrected chi connectivity index (χ1v) is 15.0. The van der Waals surface area contributed by atoms with Crippen LogP contribution in [0.3, 0.4) is 0 Å². The molecule has 1 unspecified atom stereocenters. The molecule has 0 heterocycles. The van der Waals surface area contributed by atoms with E-state index in [4.69, 9.17) is 14.7 Å². The van der Waals surface area contributed by atoms with Gasteiger partial charge in [-0.25, -0.2) is 5.26 Å². The highest BCUT2D eigenvalue weighted by Crippen LogP contribution is 2.17. The molecule has 0 aliphatic carbocycles. The van der Waals surface area contributed by atoms with Crippen LogP contribution in [0.2, 0.25) is 0 Å². The second-order valence-electron chi connectivity index (χ2n) is 9.37. The quantitative estimate of drug-likeness (QED) is 0.0381. The number of carbonyl (C=O) groups excluding carboxylic acids is 2. The molecule has 0 aromatic rings. The van der Waals surface area contributed by atoms with Crippen molar-refractivity contribution in [2.45, 2.75) is 136 Å². The zero-order valence-electron chi connectivity index (χ0n) is 22.4. The predicted molar refractivity (Wildman–Crippen MR) is 142 cm³/mol. The van der Waals surface area contributed by atoms with Gasteiger partial charge in [-0.15, -0.1) is 4.33 Å². The average Bonchev–Trinajstić information content (AvgIpc) is 2.85. The lowest BCUT2D eigenvalue weighted by molar-refractivity contribution is -0.432. The maximum atomic E-state index is 12.4. The molecule has 0 aromatic carbocycles. The molecule has 0 fully saturated rings. The van der Waals surface area contributed by atoms with Crippen molar-refractivity contribution in [1.82, 2.24) is 0 Å². The fourth-order valence-electron chi connectivity index (χ4n) is 3.90. The van der Waals surface area contributed by atoms with Crippen LogP contribution in [-0.4, -0.2) is 36.2 Å². The molecule has 7 nitrogen and oxygen atoms in total. The number of rotatable bonds is 27. The molecule has 0 saturated carbocycles. The number of hydrogen-bond acceptors (Lipinski definition) is 8. The first-order valence-electron chi connectivity index (χ1n) is 14.1. The molecule has 1 N–H and O–H groups in total. The van der Waals surface area contributed by atoms with E-state index >= 15 is 0 Å². The highest BCUT2D eigenvalue weighted by Gasteiger charge is 2.25. The van der Waals surface area contributed by atoms with Crippen molar-refractivity contribution in [2.24, 2.45) is 5.92 Å². The molecular formula is C27H52O7S. The highest BCUT2D eigenvalue weighted by atomic mass is 32.2. The van der Waals surface area contributed by atoms with Gasteiger partial charge < -0.3 is 9.47 Å². The van der Waals surface area contributed by atoms with Gasteiger partial charge in [-0.05, 0) is 12.8 Å². The van der Waals surface area contributed by atoms with E-state index in [1.54, 1.807) is 0 Å². The highest BCUT2D eigenvalue weighted by molar-refractivity contribution is 7.94. The molecule has 0 aliphatic heterocycles. The lowest BCUT2D eigenvalue weighted by atomic mass is 10.1. The minimum atomic E-state index is -0.704. The summed E-state index contributed by atoms with van der Waals surface area (Å²) in [6, 6.07) is 0. The summed E-state index contributed by atoms with van der Waals surface area (Å²) >= 11 is 0.753. The minimum absolute atomic E-state index is 0.0736. The zero-order chi connectivity index (χ0) is 25.8. The van der Waals surface area contributed by atoms with Gasteiger partial charge in [0.2, 0.25) is 0 Å². The van der Waals surface area contributed by atoms with Crippen molar-refractivity contribution in [3.8, 4) is 0 Å². The lowest BCUT2D eigenvalue weighted by Crippen LogP contribution is -2.25. The van der Waals surface area contributed by atoms with Gasteiger partial charge in [-0.2, -0.15) is 0 Å². The van der Waals surface area contributed by atoms with E-state index in [-0.39, 0.29) is 12.2 Å². The van der Waals surface area contributed by atoms with Crippen LogP contribution in [0.1, 0.15) is 136 Å². The minimum Gasteiger partial charge on any atom is -0.466 e. The number of hydrogen-bond donors (Lipinski definition) is 1. The summed E-state index contributed by atoms with van der Waals surface area (Å²) in [5.41, 5.74) is 0.